The van der Waals surface area contributed by atoms with Crippen LogP contribution in [0.25, 0.3) is 10.9 Å². The van der Waals surface area contributed by atoms with Crippen LogP contribution in [0.1, 0.15) is 12.5 Å². The number of fused-ring (bicyclic) bond motifs is 1. The molecule has 1 heterocycles. The molecule has 1 amide bonds. The summed E-state index contributed by atoms with van der Waals surface area (Å²) in [5.74, 6) is -0.690. The van der Waals surface area contributed by atoms with E-state index in [2.05, 4.69) is 10.3 Å². The van der Waals surface area contributed by atoms with Gasteiger partial charge in [-0.1, -0.05) is 0 Å². The van der Waals surface area contributed by atoms with Crippen LogP contribution in [-0.4, -0.2) is 35.1 Å². The number of rotatable bonds is 5. The second-order valence-corrected chi connectivity index (χ2v) is 4.52. The fourth-order valence-corrected chi connectivity index (χ4v) is 2.13. The van der Waals surface area contributed by atoms with Crippen LogP contribution < -0.4 is 10.1 Å². The Labute approximate surface area is 115 Å². The van der Waals surface area contributed by atoms with E-state index in [0.29, 0.717) is 0 Å². The van der Waals surface area contributed by atoms with Crippen molar-refractivity contribution in [1.82, 2.24) is 10.3 Å². The Kier molecular flexibility index (Phi) is 3.93. The Morgan fingerprint density at radius 3 is 2.80 bits per heavy atom. The Balaban J connectivity index is 2.28. The number of hydrogen-bond acceptors (Lipinski definition) is 3. The third kappa shape index (κ3) is 2.90. The molecule has 2 aromatic rings. The Morgan fingerprint density at radius 2 is 2.20 bits per heavy atom. The molecular formula is C14H16N2O4. The van der Waals surface area contributed by atoms with Gasteiger partial charge in [-0.3, -0.25) is 4.79 Å². The molecule has 106 valence electrons. The summed E-state index contributed by atoms with van der Waals surface area (Å²) >= 11 is 0. The molecule has 1 aromatic carbocycles. The van der Waals surface area contributed by atoms with E-state index in [1.807, 2.05) is 18.2 Å². The number of ether oxygens (including phenoxy) is 1. The van der Waals surface area contributed by atoms with Crippen molar-refractivity contribution in [3.63, 3.8) is 0 Å². The van der Waals surface area contributed by atoms with Gasteiger partial charge in [-0.05, 0) is 17.7 Å². The number of amides is 1. The van der Waals surface area contributed by atoms with Crippen molar-refractivity contribution in [2.45, 2.75) is 19.4 Å². The van der Waals surface area contributed by atoms with Gasteiger partial charge in [-0.25, -0.2) is 4.79 Å². The molecule has 6 nitrogen and oxygen atoms in total. The summed E-state index contributed by atoms with van der Waals surface area (Å²) in [5, 5.41) is 12.5. The predicted molar refractivity (Wildman–Crippen MR) is 73.8 cm³/mol. The largest absolute Gasteiger partial charge is 0.497 e. The van der Waals surface area contributed by atoms with Crippen LogP contribution in [0, 0.1) is 0 Å². The average Bonchev–Trinajstić information content (AvgIpc) is 2.79. The lowest BCUT2D eigenvalue weighted by molar-refractivity contribution is -0.141. The first-order valence-corrected chi connectivity index (χ1v) is 6.15. The van der Waals surface area contributed by atoms with Crippen molar-refractivity contribution in [2.75, 3.05) is 7.11 Å². The van der Waals surface area contributed by atoms with E-state index in [1.54, 1.807) is 13.3 Å². The van der Waals surface area contributed by atoms with E-state index in [0.717, 1.165) is 22.2 Å². The van der Waals surface area contributed by atoms with Crippen LogP contribution in [0.5, 0.6) is 5.75 Å². The standard InChI is InChI=1S/C14H16N2O4/c1-8(17)16-13(14(18)19)5-9-7-15-12-6-10(20-2)3-4-11(9)12/h3-4,6-7,13,15H,5H2,1-2H3,(H,16,17)(H,18,19)/t13-/m1/s1. The SMILES string of the molecule is COc1ccc2c(C[C@@H](NC(C)=O)C(=O)O)c[nH]c2c1. The van der Waals surface area contributed by atoms with Gasteiger partial charge in [-0.15, -0.1) is 0 Å². The molecular weight excluding hydrogens is 260 g/mol. The van der Waals surface area contributed by atoms with Crippen molar-refractivity contribution in [3.05, 3.63) is 30.0 Å². The van der Waals surface area contributed by atoms with Crippen molar-refractivity contribution < 1.29 is 19.4 Å². The minimum atomic E-state index is -1.05. The number of nitrogens with one attached hydrogen (secondary N) is 2. The van der Waals surface area contributed by atoms with Gasteiger partial charge in [0.25, 0.3) is 0 Å². The van der Waals surface area contributed by atoms with Gasteiger partial charge < -0.3 is 20.1 Å². The van der Waals surface area contributed by atoms with E-state index in [4.69, 9.17) is 9.84 Å². The van der Waals surface area contributed by atoms with Crippen LogP contribution in [-0.2, 0) is 16.0 Å². The van der Waals surface area contributed by atoms with Crippen molar-refractivity contribution in [1.29, 1.82) is 0 Å². The maximum Gasteiger partial charge on any atom is 0.326 e. The number of carbonyl (C=O) groups is 2. The molecule has 0 spiro atoms. The fraction of sp³-hybridized carbons (Fsp3) is 0.286. The van der Waals surface area contributed by atoms with Crippen LogP contribution >= 0.6 is 0 Å². The Hall–Kier alpha value is -2.50. The maximum atomic E-state index is 11.2. The van der Waals surface area contributed by atoms with Crippen molar-refractivity contribution in [2.24, 2.45) is 0 Å². The fourth-order valence-electron chi connectivity index (χ4n) is 2.13. The number of carboxylic acid groups (broad SMARTS) is 1. The van der Waals surface area contributed by atoms with Crippen LogP contribution in [0.2, 0.25) is 0 Å². The molecule has 0 fully saturated rings. The van der Waals surface area contributed by atoms with Crippen LogP contribution in [0.4, 0.5) is 0 Å². The Bertz CT molecular complexity index is 648. The number of hydrogen-bond donors (Lipinski definition) is 3. The molecule has 0 unspecified atom stereocenters. The summed E-state index contributed by atoms with van der Waals surface area (Å²) in [4.78, 5) is 25.3. The molecule has 0 saturated heterocycles. The van der Waals surface area contributed by atoms with Gasteiger partial charge >= 0.3 is 5.97 Å². The second-order valence-electron chi connectivity index (χ2n) is 4.52. The number of carboxylic acids is 1. The molecule has 2 rings (SSSR count). The highest BCUT2D eigenvalue weighted by Crippen LogP contribution is 2.24. The lowest BCUT2D eigenvalue weighted by Crippen LogP contribution is -2.41. The molecule has 0 saturated carbocycles. The van der Waals surface area contributed by atoms with Gasteiger partial charge in [-0.2, -0.15) is 0 Å². The highest BCUT2D eigenvalue weighted by atomic mass is 16.5. The second kappa shape index (κ2) is 5.64. The minimum Gasteiger partial charge on any atom is -0.497 e. The molecule has 0 bridgehead atoms. The van der Waals surface area contributed by atoms with Crippen molar-refractivity contribution >= 4 is 22.8 Å². The number of carbonyl (C=O) groups excluding carboxylic acids is 1. The molecule has 0 aliphatic heterocycles. The molecule has 1 aromatic heterocycles. The lowest BCUT2D eigenvalue weighted by Gasteiger charge is -2.12. The normalized spacial score (nSPS) is 12.1. The molecule has 3 N–H and O–H groups in total. The topological polar surface area (TPSA) is 91.4 Å². The monoisotopic (exact) mass is 276 g/mol. The van der Waals surface area contributed by atoms with Gasteiger partial charge in [0, 0.05) is 36.5 Å². The summed E-state index contributed by atoms with van der Waals surface area (Å²) in [5.41, 5.74) is 1.70. The van der Waals surface area contributed by atoms with E-state index in [9.17, 15) is 9.59 Å². The predicted octanol–water partition coefficient (Wildman–Crippen LogP) is 1.31. The zero-order valence-corrected chi connectivity index (χ0v) is 11.3. The van der Waals surface area contributed by atoms with Gasteiger partial charge in [0.15, 0.2) is 0 Å². The molecule has 0 aliphatic rings. The first-order chi connectivity index (χ1) is 9.51. The van der Waals surface area contributed by atoms with E-state index in [1.165, 1.54) is 6.92 Å². The highest BCUT2D eigenvalue weighted by Gasteiger charge is 2.20. The first-order valence-electron chi connectivity index (χ1n) is 6.15. The van der Waals surface area contributed by atoms with E-state index >= 15 is 0 Å². The number of H-pyrrole nitrogens is 1. The van der Waals surface area contributed by atoms with Crippen LogP contribution in [0.3, 0.4) is 0 Å². The maximum absolute atomic E-state index is 11.2. The zero-order valence-electron chi connectivity index (χ0n) is 11.3. The minimum absolute atomic E-state index is 0.223. The quantitative estimate of drug-likeness (QED) is 0.767. The number of aromatic nitrogens is 1. The van der Waals surface area contributed by atoms with Gasteiger partial charge in [0.2, 0.25) is 5.91 Å². The van der Waals surface area contributed by atoms with Crippen molar-refractivity contribution in [3.8, 4) is 5.75 Å². The third-order valence-corrected chi connectivity index (χ3v) is 3.07. The van der Waals surface area contributed by atoms with Gasteiger partial charge in [0.05, 0.1) is 7.11 Å². The Morgan fingerprint density at radius 1 is 1.45 bits per heavy atom. The average molecular weight is 276 g/mol. The summed E-state index contributed by atoms with van der Waals surface area (Å²) in [7, 11) is 1.59. The first kappa shape index (κ1) is 13.9. The van der Waals surface area contributed by atoms with Gasteiger partial charge in [0.1, 0.15) is 11.8 Å². The molecule has 1 atom stereocenters. The molecule has 0 radical (unpaired) electrons. The summed E-state index contributed by atoms with van der Waals surface area (Å²) in [6, 6.07) is 4.58. The zero-order chi connectivity index (χ0) is 14.7. The third-order valence-electron chi connectivity index (χ3n) is 3.07. The summed E-state index contributed by atoms with van der Waals surface area (Å²) in [6.07, 6.45) is 1.98. The van der Waals surface area contributed by atoms with Crippen LogP contribution in [0.15, 0.2) is 24.4 Å². The highest BCUT2D eigenvalue weighted by molar-refractivity contribution is 5.87. The summed E-state index contributed by atoms with van der Waals surface area (Å²) < 4.78 is 5.13. The number of benzene rings is 1. The lowest BCUT2D eigenvalue weighted by atomic mass is 10.0. The summed E-state index contributed by atoms with van der Waals surface area (Å²) in [6.45, 7) is 1.30. The number of aliphatic carboxylic acids is 1. The molecule has 0 aliphatic carbocycles. The number of methoxy groups -OCH3 is 1. The molecule has 20 heavy (non-hydrogen) atoms. The smallest absolute Gasteiger partial charge is 0.326 e. The van der Waals surface area contributed by atoms with E-state index in [-0.39, 0.29) is 12.3 Å². The molecule has 6 heteroatoms. The van der Waals surface area contributed by atoms with E-state index < -0.39 is 12.0 Å². The number of aromatic amines is 1.